The van der Waals surface area contributed by atoms with Gasteiger partial charge in [0, 0.05) is 5.56 Å². The molecule has 0 heterocycles. The minimum absolute atomic E-state index is 0.583. The zero-order valence-corrected chi connectivity index (χ0v) is 9.66. The monoisotopic (exact) mass is 223 g/mol. The van der Waals surface area contributed by atoms with E-state index in [1.54, 1.807) is 20.3 Å². The predicted octanol–water partition coefficient (Wildman–Crippen LogP) is 1.41. The maximum atomic E-state index is 10.8. The van der Waals surface area contributed by atoms with E-state index in [1.807, 2.05) is 6.07 Å². The summed E-state index contributed by atoms with van der Waals surface area (Å²) < 4.78 is 10.5. The van der Waals surface area contributed by atoms with Crippen LogP contribution >= 0.6 is 0 Å². The molecule has 0 amide bonds. The van der Waals surface area contributed by atoms with Gasteiger partial charge in [0.1, 0.15) is 6.29 Å². The number of carbonyl (C=O) groups excluding carboxylic acids is 1. The fourth-order valence-corrected chi connectivity index (χ4v) is 1.61. The summed E-state index contributed by atoms with van der Waals surface area (Å²) in [6.07, 6.45) is 2.42. The summed E-state index contributed by atoms with van der Waals surface area (Å²) in [6, 6.07) is 3.47. The third kappa shape index (κ3) is 2.73. The van der Waals surface area contributed by atoms with Crippen LogP contribution in [0.25, 0.3) is 0 Å². The van der Waals surface area contributed by atoms with E-state index >= 15 is 0 Å². The molecule has 0 radical (unpaired) electrons. The van der Waals surface area contributed by atoms with Gasteiger partial charge in [-0.2, -0.15) is 0 Å². The molecule has 0 atom stereocenters. The number of benzene rings is 1. The van der Waals surface area contributed by atoms with Crippen LogP contribution in [-0.4, -0.2) is 27.1 Å². The first-order valence-corrected chi connectivity index (χ1v) is 5.17. The minimum atomic E-state index is 0.583. The Morgan fingerprint density at radius 3 is 2.56 bits per heavy atom. The van der Waals surface area contributed by atoms with Gasteiger partial charge in [-0.1, -0.05) is 0 Å². The first-order chi connectivity index (χ1) is 7.76. The first kappa shape index (κ1) is 12.5. The Labute approximate surface area is 95.3 Å². The average molecular weight is 223 g/mol. The summed E-state index contributed by atoms with van der Waals surface area (Å²) >= 11 is 0. The molecule has 4 heteroatoms. The minimum Gasteiger partial charge on any atom is -0.493 e. The van der Waals surface area contributed by atoms with Gasteiger partial charge >= 0.3 is 0 Å². The Hall–Kier alpha value is -1.55. The fourth-order valence-electron chi connectivity index (χ4n) is 1.61. The number of aldehydes is 1. The van der Waals surface area contributed by atoms with E-state index in [0.717, 1.165) is 24.7 Å². The molecule has 0 aliphatic rings. The molecule has 1 aromatic carbocycles. The zero-order chi connectivity index (χ0) is 12.0. The van der Waals surface area contributed by atoms with Crippen LogP contribution in [0.15, 0.2) is 12.1 Å². The van der Waals surface area contributed by atoms with Gasteiger partial charge in [0.15, 0.2) is 11.5 Å². The number of ether oxygens (including phenoxy) is 2. The summed E-state index contributed by atoms with van der Waals surface area (Å²) in [6.45, 7) is 0.608. The van der Waals surface area contributed by atoms with Crippen LogP contribution in [0.3, 0.4) is 0 Å². The van der Waals surface area contributed by atoms with Gasteiger partial charge in [0.2, 0.25) is 0 Å². The topological polar surface area (TPSA) is 61.5 Å². The lowest BCUT2D eigenvalue weighted by Gasteiger charge is -2.13. The van der Waals surface area contributed by atoms with Crippen LogP contribution in [-0.2, 0) is 6.42 Å². The van der Waals surface area contributed by atoms with Gasteiger partial charge in [-0.15, -0.1) is 0 Å². The van der Waals surface area contributed by atoms with Crippen LogP contribution in [0.1, 0.15) is 22.3 Å². The number of aryl methyl sites for hydroxylation is 1. The molecule has 1 rings (SSSR count). The predicted molar refractivity (Wildman–Crippen MR) is 62.3 cm³/mol. The number of carbonyl (C=O) groups is 1. The fraction of sp³-hybridized carbons (Fsp3) is 0.417. The molecule has 1 aromatic rings. The summed E-state index contributed by atoms with van der Waals surface area (Å²) in [4.78, 5) is 10.8. The SMILES string of the molecule is COc1cc(C=O)cc(CCCN)c1OC. The maximum Gasteiger partial charge on any atom is 0.163 e. The molecule has 16 heavy (non-hydrogen) atoms. The standard InChI is InChI=1S/C12H17NO3/c1-15-11-7-9(8-14)6-10(4-3-5-13)12(11)16-2/h6-8H,3-5,13H2,1-2H3. The van der Waals surface area contributed by atoms with E-state index in [0.29, 0.717) is 23.6 Å². The van der Waals surface area contributed by atoms with Crippen molar-refractivity contribution in [3.8, 4) is 11.5 Å². The first-order valence-electron chi connectivity index (χ1n) is 5.17. The molecule has 0 fully saturated rings. The van der Waals surface area contributed by atoms with Crippen molar-refractivity contribution in [1.29, 1.82) is 0 Å². The number of nitrogens with two attached hydrogens (primary N) is 1. The molecule has 0 aliphatic carbocycles. The maximum absolute atomic E-state index is 10.8. The van der Waals surface area contributed by atoms with Crippen molar-refractivity contribution in [2.75, 3.05) is 20.8 Å². The van der Waals surface area contributed by atoms with E-state index in [1.165, 1.54) is 0 Å². The van der Waals surface area contributed by atoms with Crippen LogP contribution in [0, 0.1) is 0 Å². The largest absolute Gasteiger partial charge is 0.493 e. The second-order valence-corrected chi connectivity index (χ2v) is 3.43. The average Bonchev–Trinajstić information content (AvgIpc) is 2.34. The van der Waals surface area contributed by atoms with E-state index < -0.39 is 0 Å². The summed E-state index contributed by atoms with van der Waals surface area (Å²) in [7, 11) is 3.14. The second-order valence-electron chi connectivity index (χ2n) is 3.43. The van der Waals surface area contributed by atoms with Crippen molar-refractivity contribution in [3.05, 3.63) is 23.3 Å². The van der Waals surface area contributed by atoms with Gasteiger partial charge in [-0.25, -0.2) is 0 Å². The molecule has 0 aromatic heterocycles. The number of methoxy groups -OCH3 is 2. The third-order valence-electron chi connectivity index (χ3n) is 2.36. The lowest BCUT2D eigenvalue weighted by Crippen LogP contribution is -2.03. The van der Waals surface area contributed by atoms with Gasteiger partial charge in [-0.3, -0.25) is 4.79 Å². The molecule has 0 saturated carbocycles. The van der Waals surface area contributed by atoms with Gasteiger partial charge < -0.3 is 15.2 Å². The summed E-state index contributed by atoms with van der Waals surface area (Å²) in [5, 5.41) is 0. The van der Waals surface area contributed by atoms with Crippen molar-refractivity contribution in [1.82, 2.24) is 0 Å². The van der Waals surface area contributed by atoms with Crippen LogP contribution in [0.4, 0.5) is 0 Å². The zero-order valence-electron chi connectivity index (χ0n) is 9.66. The van der Waals surface area contributed by atoms with Crippen molar-refractivity contribution >= 4 is 6.29 Å². The van der Waals surface area contributed by atoms with Gasteiger partial charge in [0.05, 0.1) is 14.2 Å². The Morgan fingerprint density at radius 2 is 2.06 bits per heavy atom. The van der Waals surface area contributed by atoms with Crippen molar-refractivity contribution in [2.24, 2.45) is 5.73 Å². The molecule has 88 valence electrons. The molecule has 0 saturated heterocycles. The lowest BCUT2D eigenvalue weighted by atomic mass is 10.0. The van der Waals surface area contributed by atoms with Crippen molar-refractivity contribution in [2.45, 2.75) is 12.8 Å². The van der Waals surface area contributed by atoms with Crippen LogP contribution < -0.4 is 15.2 Å². The molecule has 4 nitrogen and oxygen atoms in total. The number of hydrogen-bond acceptors (Lipinski definition) is 4. The highest BCUT2D eigenvalue weighted by atomic mass is 16.5. The van der Waals surface area contributed by atoms with E-state index in [9.17, 15) is 4.79 Å². The Morgan fingerprint density at radius 1 is 1.31 bits per heavy atom. The molecule has 2 N–H and O–H groups in total. The van der Waals surface area contributed by atoms with E-state index in [2.05, 4.69) is 0 Å². The van der Waals surface area contributed by atoms with E-state index in [-0.39, 0.29) is 0 Å². The Bertz CT molecular complexity index is 364. The molecular formula is C12H17NO3. The van der Waals surface area contributed by atoms with Crippen molar-refractivity contribution < 1.29 is 14.3 Å². The van der Waals surface area contributed by atoms with E-state index in [4.69, 9.17) is 15.2 Å². The third-order valence-corrected chi connectivity index (χ3v) is 2.36. The summed E-state index contributed by atoms with van der Waals surface area (Å²) in [5.74, 6) is 1.26. The lowest BCUT2D eigenvalue weighted by molar-refractivity contribution is 0.112. The highest BCUT2D eigenvalue weighted by molar-refractivity contribution is 5.77. The molecule has 0 unspecified atom stereocenters. The Balaban J connectivity index is 3.14. The highest BCUT2D eigenvalue weighted by Crippen LogP contribution is 2.32. The van der Waals surface area contributed by atoms with Gasteiger partial charge in [0.25, 0.3) is 0 Å². The molecule has 0 bridgehead atoms. The Kier molecular flexibility index (Phi) is 4.79. The number of hydrogen-bond donors (Lipinski definition) is 1. The second kappa shape index (κ2) is 6.12. The molecule has 0 spiro atoms. The van der Waals surface area contributed by atoms with Crippen LogP contribution in [0.2, 0.25) is 0 Å². The quantitative estimate of drug-likeness (QED) is 0.741. The summed E-state index contributed by atoms with van der Waals surface area (Å²) in [5.41, 5.74) is 7.01. The molecular weight excluding hydrogens is 206 g/mol. The molecule has 0 aliphatic heterocycles. The normalized spacial score (nSPS) is 9.94. The van der Waals surface area contributed by atoms with Gasteiger partial charge in [-0.05, 0) is 37.1 Å². The highest BCUT2D eigenvalue weighted by Gasteiger charge is 2.11. The smallest absolute Gasteiger partial charge is 0.163 e. The van der Waals surface area contributed by atoms with Crippen molar-refractivity contribution in [3.63, 3.8) is 0 Å². The number of rotatable bonds is 6. The van der Waals surface area contributed by atoms with Crippen LogP contribution in [0.5, 0.6) is 11.5 Å².